The van der Waals surface area contributed by atoms with Crippen LogP contribution in [0.2, 0.25) is 0 Å². The van der Waals surface area contributed by atoms with Gasteiger partial charge in [0, 0.05) is 54.5 Å². The molecule has 10 heteroatoms. The molecule has 3 aromatic heterocycles. The number of likely N-dealkylation sites (tertiary alicyclic amines) is 1. The molecule has 0 radical (unpaired) electrons. The number of amides is 1. The zero-order chi connectivity index (χ0) is 24.5. The number of furan rings is 1. The van der Waals surface area contributed by atoms with Gasteiger partial charge in [-0.3, -0.25) is 9.48 Å². The molecule has 180 valence electrons. The molecule has 4 aromatic rings. The topological polar surface area (TPSA) is 137 Å². The predicted octanol–water partition coefficient (Wildman–Crippen LogP) is 3.59. The Kier molecular flexibility index (Phi) is 5.86. The van der Waals surface area contributed by atoms with Gasteiger partial charge in [0.2, 0.25) is 5.91 Å². The molecule has 1 aliphatic heterocycles. The third-order valence-electron chi connectivity index (χ3n) is 6.26. The minimum Gasteiger partial charge on any atom is -0.482 e. The normalized spacial score (nSPS) is 14.4. The molecule has 1 fully saturated rings. The molecule has 0 atom stereocenters. The summed E-state index contributed by atoms with van der Waals surface area (Å²) in [6, 6.07) is 9.14. The number of aromatic nitrogens is 3. The first-order valence-electron chi connectivity index (χ1n) is 11.3. The maximum atomic E-state index is 11.6. The number of anilines is 1. The SMILES string of the molecule is CC(=O)N1CCC(n2cc(-c3cnc(N)c4oc(-c5cccc(OCC(=O)O)c5)cc34)cn2)CC1. The Bertz CT molecular complexity index is 1400. The summed E-state index contributed by atoms with van der Waals surface area (Å²) in [5, 5.41) is 14.2. The number of rotatable bonds is 6. The van der Waals surface area contributed by atoms with Crippen molar-refractivity contribution in [3.63, 3.8) is 0 Å². The van der Waals surface area contributed by atoms with Gasteiger partial charge >= 0.3 is 5.97 Å². The van der Waals surface area contributed by atoms with Gasteiger partial charge in [-0.15, -0.1) is 0 Å². The van der Waals surface area contributed by atoms with Crippen LogP contribution in [0, 0.1) is 0 Å². The molecule has 0 aliphatic carbocycles. The van der Waals surface area contributed by atoms with E-state index >= 15 is 0 Å². The Labute approximate surface area is 200 Å². The van der Waals surface area contributed by atoms with Gasteiger partial charge in [-0.05, 0) is 31.0 Å². The first-order valence-corrected chi connectivity index (χ1v) is 11.3. The number of carboxylic acid groups (broad SMARTS) is 1. The minimum absolute atomic E-state index is 0.106. The summed E-state index contributed by atoms with van der Waals surface area (Å²) in [5.74, 6) is 0.319. The smallest absolute Gasteiger partial charge is 0.341 e. The van der Waals surface area contributed by atoms with Crippen LogP contribution in [-0.2, 0) is 9.59 Å². The Balaban J connectivity index is 1.44. The van der Waals surface area contributed by atoms with E-state index in [9.17, 15) is 9.59 Å². The van der Waals surface area contributed by atoms with Crippen LogP contribution in [-0.4, -0.2) is 56.3 Å². The number of nitrogen functional groups attached to an aromatic ring is 1. The number of aliphatic carboxylic acids is 1. The molecule has 1 amide bonds. The predicted molar refractivity (Wildman–Crippen MR) is 129 cm³/mol. The largest absolute Gasteiger partial charge is 0.482 e. The zero-order valence-electron chi connectivity index (χ0n) is 19.2. The van der Waals surface area contributed by atoms with Crippen molar-refractivity contribution in [3.05, 3.63) is 48.9 Å². The first-order chi connectivity index (χ1) is 16.9. The van der Waals surface area contributed by atoms with Gasteiger partial charge in [0.05, 0.1) is 12.2 Å². The van der Waals surface area contributed by atoms with Crippen LogP contribution in [0.1, 0.15) is 25.8 Å². The number of nitrogens with zero attached hydrogens (tertiary/aromatic N) is 4. The van der Waals surface area contributed by atoms with Gasteiger partial charge < -0.3 is 24.9 Å². The van der Waals surface area contributed by atoms with Crippen molar-refractivity contribution in [1.82, 2.24) is 19.7 Å². The van der Waals surface area contributed by atoms with E-state index in [2.05, 4.69) is 10.1 Å². The lowest BCUT2D eigenvalue weighted by Crippen LogP contribution is -2.37. The summed E-state index contributed by atoms with van der Waals surface area (Å²) in [4.78, 5) is 28.6. The number of benzene rings is 1. The Hall–Kier alpha value is -4.34. The Morgan fingerprint density at radius 1 is 1.20 bits per heavy atom. The molecule has 35 heavy (non-hydrogen) atoms. The maximum absolute atomic E-state index is 11.6. The van der Waals surface area contributed by atoms with Gasteiger partial charge in [0.15, 0.2) is 18.0 Å². The van der Waals surface area contributed by atoms with Crippen molar-refractivity contribution in [2.45, 2.75) is 25.8 Å². The van der Waals surface area contributed by atoms with Gasteiger partial charge in [0.1, 0.15) is 11.5 Å². The number of hydrogen-bond donors (Lipinski definition) is 2. The maximum Gasteiger partial charge on any atom is 0.341 e. The first kappa shape index (κ1) is 22.5. The number of fused-ring (bicyclic) bond motifs is 1. The molecule has 0 saturated carbocycles. The van der Waals surface area contributed by atoms with E-state index in [0.29, 0.717) is 17.1 Å². The fourth-order valence-electron chi connectivity index (χ4n) is 4.42. The molecule has 4 heterocycles. The second-order valence-electron chi connectivity index (χ2n) is 8.57. The van der Waals surface area contributed by atoms with Gasteiger partial charge in [-0.1, -0.05) is 12.1 Å². The fourth-order valence-corrected chi connectivity index (χ4v) is 4.42. The number of pyridine rings is 1. The second-order valence-corrected chi connectivity index (χ2v) is 8.57. The van der Waals surface area contributed by atoms with Crippen molar-refractivity contribution in [1.29, 1.82) is 0 Å². The summed E-state index contributed by atoms with van der Waals surface area (Å²) in [5.41, 5.74) is 9.04. The van der Waals surface area contributed by atoms with Gasteiger partial charge in [-0.2, -0.15) is 5.10 Å². The molecule has 1 aromatic carbocycles. The van der Waals surface area contributed by atoms with Crippen LogP contribution in [0.3, 0.4) is 0 Å². The molecule has 0 bridgehead atoms. The summed E-state index contributed by atoms with van der Waals surface area (Å²) >= 11 is 0. The molecule has 0 spiro atoms. The highest BCUT2D eigenvalue weighted by atomic mass is 16.5. The molecule has 3 N–H and O–H groups in total. The summed E-state index contributed by atoms with van der Waals surface area (Å²) in [6.45, 7) is 2.62. The van der Waals surface area contributed by atoms with Crippen molar-refractivity contribution in [3.8, 4) is 28.2 Å². The van der Waals surface area contributed by atoms with Crippen LogP contribution in [0.5, 0.6) is 5.75 Å². The minimum atomic E-state index is -1.05. The van der Waals surface area contributed by atoms with Crippen molar-refractivity contribution in [2.75, 3.05) is 25.4 Å². The van der Waals surface area contributed by atoms with E-state index in [0.717, 1.165) is 48.0 Å². The number of carbonyl (C=O) groups excluding carboxylic acids is 1. The third-order valence-corrected chi connectivity index (χ3v) is 6.26. The lowest BCUT2D eigenvalue weighted by Gasteiger charge is -2.31. The van der Waals surface area contributed by atoms with Crippen LogP contribution in [0.25, 0.3) is 33.4 Å². The number of hydrogen-bond acceptors (Lipinski definition) is 7. The monoisotopic (exact) mass is 475 g/mol. The van der Waals surface area contributed by atoms with E-state index in [4.69, 9.17) is 20.0 Å². The highest BCUT2D eigenvalue weighted by Crippen LogP contribution is 2.37. The van der Waals surface area contributed by atoms with Crippen molar-refractivity contribution >= 4 is 28.7 Å². The highest BCUT2D eigenvalue weighted by Gasteiger charge is 2.23. The molecule has 10 nitrogen and oxygen atoms in total. The fraction of sp³-hybridized carbons (Fsp3) is 0.280. The molecular weight excluding hydrogens is 450 g/mol. The van der Waals surface area contributed by atoms with Crippen molar-refractivity contribution in [2.24, 2.45) is 0 Å². The number of piperidine rings is 1. The summed E-state index contributed by atoms with van der Waals surface area (Å²) < 4.78 is 13.3. The van der Waals surface area contributed by atoms with Crippen molar-refractivity contribution < 1.29 is 23.8 Å². The molecule has 1 saturated heterocycles. The van der Waals surface area contributed by atoms with Crippen LogP contribution < -0.4 is 10.5 Å². The van der Waals surface area contributed by atoms with Crippen LogP contribution >= 0.6 is 0 Å². The zero-order valence-corrected chi connectivity index (χ0v) is 19.2. The van der Waals surface area contributed by atoms with E-state index in [1.807, 2.05) is 27.9 Å². The lowest BCUT2D eigenvalue weighted by atomic mass is 10.0. The Morgan fingerprint density at radius 3 is 2.74 bits per heavy atom. The molecule has 5 rings (SSSR count). The van der Waals surface area contributed by atoms with Crippen LogP contribution in [0.15, 0.2) is 53.3 Å². The van der Waals surface area contributed by atoms with E-state index in [1.165, 1.54) is 0 Å². The summed E-state index contributed by atoms with van der Waals surface area (Å²) in [7, 11) is 0. The third kappa shape index (κ3) is 4.54. The van der Waals surface area contributed by atoms with Crippen LogP contribution in [0.4, 0.5) is 5.82 Å². The number of nitrogens with two attached hydrogens (primary N) is 1. The molecule has 0 unspecified atom stereocenters. The number of carbonyl (C=O) groups is 2. The van der Waals surface area contributed by atoms with Gasteiger partial charge in [0.25, 0.3) is 0 Å². The number of ether oxygens (including phenoxy) is 1. The molecular formula is C25H25N5O5. The standard InChI is InChI=1S/C25H25N5O5/c1-15(31)29-7-5-18(6-8-29)30-13-17(11-28-30)21-12-27-25(26)24-20(21)10-22(35-24)16-3-2-4-19(9-16)34-14-23(32)33/h2-4,9-13,18H,5-8,14H2,1H3,(H2,26,27)(H,32,33). The van der Waals surface area contributed by atoms with E-state index in [-0.39, 0.29) is 17.8 Å². The van der Waals surface area contributed by atoms with E-state index < -0.39 is 12.6 Å². The second kappa shape index (κ2) is 9.13. The average Bonchev–Trinajstić information content (AvgIpc) is 3.52. The number of carboxylic acids is 1. The molecule has 1 aliphatic rings. The average molecular weight is 476 g/mol. The van der Waals surface area contributed by atoms with E-state index in [1.54, 1.807) is 37.5 Å². The van der Waals surface area contributed by atoms with Gasteiger partial charge in [-0.25, -0.2) is 9.78 Å². The Morgan fingerprint density at radius 2 is 2.00 bits per heavy atom. The highest BCUT2D eigenvalue weighted by molar-refractivity contribution is 6.00. The lowest BCUT2D eigenvalue weighted by molar-refractivity contribution is -0.139. The quantitative estimate of drug-likeness (QED) is 0.432. The summed E-state index contributed by atoms with van der Waals surface area (Å²) in [6.07, 6.45) is 7.21.